The van der Waals surface area contributed by atoms with Crippen LogP contribution in [0, 0.1) is 6.92 Å². The molecule has 0 unspecified atom stereocenters. The van der Waals surface area contributed by atoms with Crippen molar-refractivity contribution in [3.05, 3.63) is 33.7 Å². The van der Waals surface area contributed by atoms with Gasteiger partial charge in [-0.05, 0) is 31.9 Å². The minimum atomic E-state index is -0.925. The fourth-order valence-corrected chi connectivity index (χ4v) is 3.03. The molecule has 2 saturated heterocycles. The standard InChI is InChI=1S/C15H18N4O4/c1-9-3-4-10(11(20)18(9)2)12(21)19-7-5-15(6-8-19)13(22)16-14(23)17-15/h3-4H,5-8H2,1-2H3,(H2,16,17,22,23). The quantitative estimate of drug-likeness (QED) is 0.682. The molecule has 0 radical (unpaired) electrons. The number of aryl methyl sites for hydroxylation is 1. The van der Waals surface area contributed by atoms with Crippen molar-refractivity contribution in [3.8, 4) is 0 Å². The van der Waals surface area contributed by atoms with Gasteiger partial charge in [0.05, 0.1) is 0 Å². The summed E-state index contributed by atoms with van der Waals surface area (Å²) < 4.78 is 1.43. The van der Waals surface area contributed by atoms with Crippen LogP contribution in [0.1, 0.15) is 28.9 Å². The van der Waals surface area contributed by atoms with Gasteiger partial charge in [-0.25, -0.2) is 4.79 Å². The lowest BCUT2D eigenvalue weighted by Crippen LogP contribution is -2.56. The molecular weight excluding hydrogens is 300 g/mol. The molecule has 0 saturated carbocycles. The van der Waals surface area contributed by atoms with Crippen molar-refractivity contribution < 1.29 is 14.4 Å². The first-order valence-corrected chi connectivity index (χ1v) is 7.43. The van der Waals surface area contributed by atoms with Gasteiger partial charge in [-0.3, -0.25) is 19.7 Å². The molecule has 0 bridgehead atoms. The number of likely N-dealkylation sites (tertiary alicyclic amines) is 1. The van der Waals surface area contributed by atoms with Crippen molar-refractivity contribution in [1.29, 1.82) is 0 Å². The summed E-state index contributed by atoms with van der Waals surface area (Å²) in [4.78, 5) is 49.5. The molecule has 8 heteroatoms. The van der Waals surface area contributed by atoms with E-state index in [9.17, 15) is 19.2 Å². The van der Waals surface area contributed by atoms with Crippen LogP contribution in [-0.2, 0) is 11.8 Å². The van der Waals surface area contributed by atoms with Crippen molar-refractivity contribution in [3.63, 3.8) is 0 Å². The monoisotopic (exact) mass is 318 g/mol. The molecule has 2 fully saturated rings. The molecule has 0 atom stereocenters. The number of hydrogen-bond donors (Lipinski definition) is 2. The van der Waals surface area contributed by atoms with E-state index >= 15 is 0 Å². The first-order valence-electron chi connectivity index (χ1n) is 7.43. The summed E-state index contributed by atoms with van der Waals surface area (Å²) in [5.74, 6) is -0.689. The molecule has 3 heterocycles. The van der Waals surface area contributed by atoms with Gasteiger partial charge in [0.2, 0.25) is 0 Å². The van der Waals surface area contributed by atoms with Crippen LogP contribution >= 0.6 is 0 Å². The number of amides is 4. The van der Waals surface area contributed by atoms with E-state index in [2.05, 4.69) is 10.6 Å². The second kappa shape index (κ2) is 5.22. The van der Waals surface area contributed by atoms with Crippen LogP contribution in [0.2, 0.25) is 0 Å². The van der Waals surface area contributed by atoms with Crippen molar-refractivity contribution in [2.75, 3.05) is 13.1 Å². The van der Waals surface area contributed by atoms with E-state index in [-0.39, 0.29) is 22.9 Å². The van der Waals surface area contributed by atoms with Gasteiger partial charge in [-0.1, -0.05) is 0 Å². The molecule has 2 aliphatic heterocycles. The highest BCUT2D eigenvalue weighted by molar-refractivity contribution is 6.07. The lowest BCUT2D eigenvalue weighted by molar-refractivity contribution is -0.125. The van der Waals surface area contributed by atoms with Crippen LogP contribution in [0.15, 0.2) is 16.9 Å². The maximum absolute atomic E-state index is 12.6. The first-order chi connectivity index (χ1) is 10.8. The van der Waals surface area contributed by atoms with E-state index in [1.54, 1.807) is 24.9 Å². The Morgan fingerprint density at radius 2 is 1.83 bits per heavy atom. The highest BCUT2D eigenvalue weighted by Gasteiger charge is 2.48. The maximum Gasteiger partial charge on any atom is 0.322 e. The molecular formula is C15H18N4O4. The molecule has 2 N–H and O–H groups in total. The molecule has 8 nitrogen and oxygen atoms in total. The van der Waals surface area contributed by atoms with Crippen LogP contribution < -0.4 is 16.2 Å². The van der Waals surface area contributed by atoms with E-state index in [0.717, 1.165) is 5.69 Å². The molecule has 2 aliphatic rings. The van der Waals surface area contributed by atoms with Crippen LogP contribution in [0.5, 0.6) is 0 Å². The number of rotatable bonds is 1. The van der Waals surface area contributed by atoms with Crippen molar-refractivity contribution in [2.45, 2.75) is 25.3 Å². The second-order valence-electron chi connectivity index (χ2n) is 6.04. The third kappa shape index (κ3) is 2.39. The summed E-state index contributed by atoms with van der Waals surface area (Å²) >= 11 is 0. The number of hydrogen-bond acceptors (Lipinski definition) is 4. The number of carbonyl (C=O) groups excluding carboxylic acids is 3. The van der Waals surface area contributed by atoms with Gasteiger partial charge in [-0.2, -0.15) is 0 Å². The fraction of sp³-hybridized carbons (Fsp3) is 0.467. The molecule has 1 aromatic heterocycles. The zero-order chi connectivity index (χ0) is 16.8. The number of imide groups is 1. The predicted octanol–water partition coefficient (Wildman–Crippen LogP) is -0.492. The maximum atomic E-state index is 12.6. The molecule has 1 spiro atoms. The number of nitrogens with zero attached hydrogens (tertiary/aromatic N) is 2. The number of nitrogens with one attached hydrogen (secondary N) is 2. The fourth-order valence-electron chi connectivity index (χ4n) is 3.03. The van der Waals surface area contributed by atoms with Crippen LogP contribution in [0.4, 0.5) is 4.79 Å². The molecule has 0 aromatic carbocycles. The highest BCUT2D eigenvalue weighted by atomic mass is 16.2. The van der Waals surface area contributed by atoms with Gasteiger partial charge in [-0.15, -0.1) is 0 Å². The topological polar surface area (TPSA) is 101 Å². The molecule has 4 amide bonds. The molecule has 3 rings (SSSR count). The van der Waals surface area contributed by atoms with Crippen LogP contribution in [0.3, 0.4) is 0 Å². The summed E-state index contributed by atoms with van der Waals surface area (Å²) in [6.07, 6.45) is 0.672. The average molecular weight is 318 g/mol. The number of urea groups is 1. The molecule has 0 aliphatic carbocycles. The van der Waals surface area contributed by atoms with Crippen molar-refractivity contribution in [1.82, 2.24) is 20.1 Å². The van der Waals surface area contributed by atoms with Crippen molar-refractivity contribution >= 4 is 17.8 Å². The Bertz CT molecular complexity index is 759. The van der Waals surface area contributed by atoms with Crippen LogP contribution in [0.25, 0.3) is 0 Å². The normalized spacial score (nSPS) is 19.7. The largest absolute Gasteiger partial charge is 0.338 e. The number of piperidine rings is 1. The summed E-state index contributed by atoms with van der Waals surface area (Å²) in [6.45, 7) is 2.41. The minimum Gasteiger partial charge on any atom is -0.338 e. The zero-order valence-electron chi connectivity index (χ0n) is 13.0. The minimum absolute atomic E-state index is 0.119. The number of carbonyl (C=O) groups is 3. The Balaban J connectivity index is 1.77. The first kappa shape index (κ1) is 15.3. The highest BCUT2D eigenvalue weighted by Crippen LogP contribution is 2.26. The molecule has 1 aromatic rings. The molecule has 23 heavy (non-hydrogen) atoms. The third-order valence-electron chi connectivity index (χ3n) is 4.70. The van der Waals surface area contributed by atoms with E-state index in [1.807, 2.05) is 0 Å². The smallest absolute Gasteiger partial charge is 0.322 e. The van der Waals surface area contributed by atoms with Gasteiger partial charge in [0.1, 0.15) is 11.1 Å². The SMILES string of the molecule is Cc1ccc(C(=O)N2CCC3(CC2)NC(=O)NC3=O)c(=O)n1C. The Labute approximate surface area is 132 Å². The average Bonchev–Trinajstić information content (AvgIpc) is 2.79. The number of pyridine rings is 1. The lowest BCUT2D eigenvalue weighted by atomic mass is 9.87. The van der Waals surface area contributed by atoms with Gasteiger partial charge in [0, 0.05) is 25.8 Å². The summed E-state index contributed by atoms with van der Waals surface area (Å²) in [7, 11) is 1.62. The molecule has 122 valence electrons. The Morgan fingerprint density at radius 3 is 2.39 bits per heavy atom. The van der Waals surface area contributed by atoms with Crippen LogP contribution in [-0.4, -0.2) is 45.9 Å². The Morgan fingerprint density at radius 1 is 1.17 bits per heavy atom. The second-order valence-corrected chi connectivity index (χ2v) is 6.04. The Kier molecular flexibility index (Phi) is 3.46. The predicted molar refractivity (Wildman–Crippen MR) is 81.0 cm³/mol. The summed E-state index contributed by atoms with van der Waals surface area (Å²) in [5, 5.41) is 4.87. The van der Waals surface area contributed by atoms with Gasteiger partial charge in [0.15, 0.2) is 0 Å². The lowest BCUT2D eigenvalue weighted by Gasteiger charge is -2.36. The Hall–Kier alpha value is -2.64. The van der Waals surface area contributed by atoms with Gasteiger partial charge < -0.3 is 14.8 Å². The van der Waals surface area contributed by atoms with Crippen molar-refractivity contribution in [2.24, 2.45) is 7.05 Å². The van der Waals surface area contributed by atoms with Gasteiger partial charge >= 0.3 is 6.03 Å². The number of aromatic nitrogens is 1. The zero-order valence-corrected chi connectivity index (χ0v) is 13.0. The summed E-state index contributed by atoms with van der Waals surface area (Å²) in [5.41, 5.74) is -0.364. The van der Waals surface area contributed by atoms with Gasteiger partial charge in [0.25, 0.3) is 17.4 Å². The van der Waals surface area contributed by atoms with E-state index in [0.29, 0.717) is 25.9 Å². The van der Waals surface area contributed by atoms with E-state index in [1.165, 1.54) is 10.6 Å². The summed E-state index contributed by atoms with van der Waals surface area (Å²) in [6, 6.07) is 2.77. The third-order valence-corrected chi connectivity index (χ3v) is 4.70. The van der Waals surface area contributed by atoms with E-state index in [4.69, 9.17) is 0 Å². The van der Waals surface area contributed by atoms with E-state index < -0.39 is 11.6 Å².